The Balaban J connectivity index is 1.56. The van der Waals surface area contributed by atoms with Crippen LogP contribution in [0.1, 0.15) is 21.5 Å². The molecule has 0 radical (unpaired) electrons. The fourth-order valence-corrected chi connectivity index (χ4v) is 3.33. The second-order valence-electron chi connectivity index (χ2n) is 6.95. The SMILES string of the molecule is Cc1cccc(Cl)c1NC(=O)c1cc2ccc(OCc3ccc(F)cc3)cc2oc1=O. The van der Waals surface area contributed by atoms with Crippen molar-refractivity contribution in [3.63, 3.8) is 0 Å². The number of carbonyl (C=O) groups excluding carboxylic acids is 1. The minimum Gasteiger partial charge on any atom is -0.489 e. The fourth-order valence-electron chi connectivity index (χ4n) is 3.06. The van der Waals surface area contributed by atoms with Crippen molar-refractivity contribution >= 4 is 34.2 Å². The normalized spacial score (nSPS) is 10.8. The molecule has 1 aromatic heterocycles. The second kappa shape index (κ2) is 8.62. The highest BCUT2D eigenvalue weighted by Crippen LogP contribution is 2.26. The first-order valence-corrected chi connectivity index (χ1v) is 9.80. The molecule has 0 saturated heterocycles. The van der Waals surface area contributed by atoms with Crippen molar-refractivity contribution in [2.24, 2.45) is 0 Å². The highest BCUT2D eigenvalue weighted by atomic mass is 35.5. The highest BCUT2D eigenvalue weighted by Gasteiger charge is 2.16. The molecule has 0 unspecified atom stereocenters. The van der Waals surface area contributed by atoms with Crippen LogP contribution in [-0.2, 0) is 6.61 Å². The Morgan fingerprint density at radius 3 is 2.61 bits per heavy atom. The highest BCUT2D eigenvalue weighted by molar-refractivity contribution is 6.34. The first kappa shape index (κ1) is 20.6. The molecule has 1 heterocycles. The van der Waals surface area contributed by atoms with Gasteiger partial charge in [-0.2, -0.15) is 0 Å². The van der Waals surface area contributed by atoms with E-state index in [4.69, 9.17) is 20.8 Å². The molecule has 0 saturated carbocycles. The zero-order chi connectivity index (χ0) is 22.0. The maximum absolute atomic E-state index is 13.0. The van der Waals surface area contributed by atoms with Crippen LogP contribution in [0.3, 0.4) is 0 Å². The van der Waals surface area contributed by atoms with Gasteiger partial charge in [-0.3, -0.25) is 4.79 Å². The molecule has 0 aliphatic heterocycles. The fraction of sp³-hybridized carbons (Fsp3) is 0.0833. The van der Waals surface area contributed by atoms with Gasteiger partial charge in [0.05, 0.1) is 10.7 Å². The number of nitrogens with one attached hydrogen (secondary N) is 1. The number of rotatable bonds is 5. The van der Waals surface area contributed by atoms with Crippen LogP contribution in [0.4, 0.5) is 10.1 Å². The van der Waals surface area contributed by atoms with Gasteiger partial charge < -0.3 is 14.5 Å². The molecule has 0 bridgehead atoms. The van der Waals surface area contributed by atoms with Crippen LogP contribution in [0.15, 0.2) is 75.9 Å². The van der Waals surface area contributed by atoms with Crippen molar-refractivity contribution in [2.75, 3.05) is 5.32 Å². The van der Waals surface area contributed by atoms with Gasteiger partial charge in [0.25, 0.3) is 5.91 Å². The molecule has 4 rings (SSSR count). The summed E-state index contributed by atoms with van der Waals surface area (Å²) in [6.07, 6.45) is 0. The molecule has 0 fully saturated rings. The smallest absolute Gasteiger partial charge is 0.349 e. The molecular weight excluding hydrogens is 421 g/mol. The van der Waals surface area contributed by atoms with Gasteiger partial charge in [0.15, 0.2) is 0 Å². The molecule has 4 aromatic rings. The van der Waals surface area contributed by atoms with E-state index in [0.29, 0.717) is 21.8 Å². The van der Waals surface area contributed by atoms with E-state index in [-0.39, 0.29) is 23.6 Å². The van der Waals surface area contributed by atoms with Gasteiger partial charge in [-0.25, -0.2) is 9.18 Å². The number of aryl methyl sites for hydroxylation is 1. The van der Waals surface area contributed by atoms with Crippen LogP contribution >= 0.6 is 11.6 Å². The van der Waals surface area contributed by atoms with Crippen LogP contribution in [0.5, 0.6) is 5.75 Å². The van der Waals surface area contributed by atoms with Crippen LogP contribution in [0, 0.1) is 12.7 Å². The Hall–Kier alpha value is -3.64. The Morgan fingerprint density at radius 1 is 1.10 bits per heavy atom. The van der Waals surface area contributed by atoms with E-state index >= 15 is 0 Å². The number of anilines is 1. The number of amides is 1. The Kier molecular flexibility index (Phi) is 5.73. The molecule has 156 valence electrons. The summed E-state index contributed by atoms with van der Waals surface area (Å²) in [5.74, 6) is -0.451. The van der Waals surface area contributed by atoms with Gasteiger partial charge in [-0.1, -0.05) is 35.9 Å². The van der Waals surface area contributed by atoms with E-state index in [9.17, 15) is 14.0 Å². The molecule has 1 N–H and O–H groups in total. The van der Waals surface area contributed by atoms with E-state index in [1.807, 2.05) is 0 Å². The summed E-state index contributed by atoms with van der Waals surface area (Å²) >= 11 is 6.15. The van der Waals surface area contributed by atoms with E-state index in [0.717, 1.165) is 11.1 Å². The van der Waals surface area contributed by atoms with Crippen molar-refractivity contribution in [1.29, 1.82) is 0 Å². The van der Waals surface area contributed by atoms with Gasteiger partial charge in [0.1, 0.15) is 29.3 Å². The third-order valence-electron chi connectivity index (χ3n) is 4.73. The number of benzene rings is 3. The number of hydrogen-bond acceptors (Lipinski definition) is 4. The molecule has 0 aliphatic rings. The van der Waals surface area contributed by atoms with Gasteiger partial charge >= 0.3 is 5.63 Å². The lowest BCUT2D eigenvalue weighted by molar-refractivity contribution is 0.102. The minimum absolute atomic E-state index is 0.133. The molecule has 31 heavy (non-hydrogen) atoms. The van der Waals surface area contributed by atoms with Crippen LogP contribution in [-0.4, -0.2) is 5.91 Å². The number of fused-ring (bicyclic) bond motifs is 1. The van der Waals surface area contributed by atoms with E-state index in [2.05, 4.69) is 5.32 Å². The zero-order valence-electron chi connectivity index (χ0n) is 16.4. The molecule has 3 aromatic carbocycles. The molecule has 0 atom stereocenters. The molecule has 7 heteroatoms. The Labute approximate surface area is 182 Å². The van der Waals surface area contributed by atoms with Gasteiger partial charge in [-0.15, -0.1) is 0 Å². The molecule has 1 amide bonds. The first-order valence-electron chi connectivity index (χ1n) is 9.42. The molecule has 5 nitrogen and oxygen atoms in total. The zero-order valence-corrected chi connectivity index (χ0v) is 17.2. The average Bonchev–Trinajstić information content (AvgIpc) is 2.75. The number of hydrogen-bond donors (Lipinski definition) is 1. The van der Waals surface area contributed by atoms with E-state index in [1.165, 1.54) is 18.2 Å². The summed E-state index contributed by atoms with van der Waals surface area (Å²) in [4.78, 5) is 25.1. The van der Waals surface area contributed by atoms with Crippen molar-refractivity contribution in [3.05, 3.63) is 105 Å². The van der Waals surface area contributed by atoms with Gasteiger partial charge in [-0.05, 0) is 54.4 Å². The summed E-state index contributed by atoms with van der Waals surface area (Å²) in [5, 5.41) is 3.61. The lowest BCUT2D eigenvalue weighted by atomic mass is 10.1. The number of ether oxygens (including phenoxy) is 1. The summed E-state index contributed by atoms with van der Waals surface area (Å²) in [6.45, 7) is 2.03. The first-order chi connectivity index (χ1) is 14.9. The van der Waals surface area contributed by atoms with Crippen LogP contribution in [0.25, 0.3) is 11.0 Å². The predicted octanol–water partition coefficient (Wildman–Crippen LogP) is 5.73. The van der Waals surface area contributed by atoms with Crippen LogP contribution < -0.4 is 15.7 Å². The predicted molar refractivity (Wildman–Crippen MR) is 117 cm³/mol. The number of halogens is 2. The largest absolute Gasteiger partial charge is 0.489 e. The third-order valence-corrected chi connectivity index (χ3v) is 5.05. The lowest BCUT2D eigenvalue weighted by Crippen LogP contribution is -2.21. The van der Waals surface area contributed by atoms with Crippen molar-refractivity contribution in [2.45, 2.75) is 13.5 Å². The number of carbonyl (C=O) groups is 1. The summed E-state index contributed by atoms with van der Waals surface area (Å²) in [7, 11) is 0. The molecular formula is C24H17ClFNO4. The molecule has 0 spiro atoms. The maximum atomic E-state index is 13.0. The maximum Gasteiger partial charge on any atom is 0.349 e. The van der Waals surface area contributed by atoms with Crippen molar-refractivity contribution in [1.82, 2.24) is 0 Å². The second-order valence-corrected chi connectivity index (χ2v) is 7.36. The Bertz CT molecular complexity index is 1310. The van der Waals surface area contributed by atoms with Gasteiger partial charge in [0.2, 0.25) is 0 Å². The number of para-hydroxylation sites is 1. The van der Waals surface area contributed by atoms with E-state index in [1.54, 1.807) is 55.5 Å². The molecule has 0 aliphatic carbocycles. The third kappa shape index (κ3) is 4.59. The lowest BCUT2D eigenvalue weighted by Gasteiger charge is -2.10. The van der Waals surface area contributed by atoms with E-state index < -0.39 is 11.5 Å². The average molecular weight is 438 g/mol. The van der Waals surface area contributed by atoms with Crippen molar-refractivity contribution < 1.29 is 18.3 Å². The topological polar surface area (TPSA) is 68.5 Å². The quantitative estimate of drug-likeness (QED) is 0.405. The Morgan fingerprint density at radius 2 is 1.87 bits per heavy atom. The van der Waals surface area contributed by atoms with Crippen molar-refractivity contribution in [3.8, 4) is 5.75 Å². The van der Waals surface area contributed by atoms with Gasteiger partial charge in [0, 0.05) is 11.5 Å². The summed E-state index contributed by atoms with van der Waals surface area (Å²) < 4.78 is 24.0. The standard InChI is InChI=1S/C24H17ClFNO4/c1-14-3-2-4-20(25)22(14)27-23(28)19-11-16-7-10-18(12-21(16)31-24(19)29)30-13-15-5-8-17(26)9-6-15/h2-12H,13H2,1H3,(H,27,28). The summed E-state index contributed by atoms with van der Waals surface area (Å²) in [6, 6.07) is 17.6. The van der Waals surface area contributed by atoms with Crippen LogP contribution in [0.2, 0.25) is 5.02 Å². The monoisotopic (exact) mass is 437 g/mol. The summed E-state index contributed by atoms with van der Waals surface area (Å²) in [5.41, 5.74) is 1.39. The minimum atomic E-state index is -0.773.